The molecule has 0 amide bonds. The maximum atomic E-state index is 12.9. The summed E-state index contributed by atoms with van der Waals surface area (Å²) in [5, 5.41) is 0. The average Bonchev–Trinajstić information content (AvgIpc) is 2.35. The highest BCUT2D eigenvalue weighted by Gasteiger charge is 2.35. The monoisotopic (exact) mass is 331 g/mol. The molecule has 9 heteroatoms. The number of sulfonamides is 1. The first-order chi connectivity index (χ1) is 9.19. The molecule has 0 aliphatic heterocycles. The van der Waals surface area contributed by atoms with Gasteiger partial charge in [-0.15, -0.1) is 11.6 Å². The van der Waals surface area contributed by atoms with Crippen molar-refractivity contribution in [1.29, 1.82) is 0 Å². The SMILES string of the molecule is COc1ccc(NS(=O)(=O)CCCCl)c(C(F)(F)F)c1. The Hall–Kier alpha value is -1.15. The number of halogens is 4. The normalized spacial score (nSPS) is 12.2. The fourth-order valence-electron chi connectivity index (χ4n) is 1.44. The summed E-state index contributed by atoms with van der Waals surface area (Å²) in [4.78, 5) is 0. The topological polar surface area (TPSA) is 55.4 Å². The molecule has 0 bridgehead atoms. The number of alkyl halides is 4. The Bertz CT molecular complexity index is 561. The zero-order valence-corrected chi connectivity index (χ0v) is 12.1. The van der Waals surface area contributed by atoms with Crippen LogP contribution in [0.15, 0.2) is 18.2 Å². The molecule has 0 fully saturated rings. The summed E-state index contributed by atoms with van der Waals surface area (Å²) in [6.07, 6.45) is -4.55. The Kier molecular flexibility index (Phi) is 5.52. The van der Waals surface area contributed by atoms with Gasteiger partial charge in [-0.1, -0.05) is 0 Å². The molecule has 0 aromatic heterocycles. The van der Waals surface area contributed by atoms with Gasteiger partial charge in [0.25, 0.3) is 0 Å². The van der Waals surface area contributed by atoms with Crippen molar-refractivity contribution < 1.29 is 26.3 Å². The number of hydrogen-bond acceptors (Lipinski definition) is 3. The Balaban J connectivity index is 3.12. The molecule has 1 aromatic carbocycles. The second kappa shape index (κ2) is 6.53. The number of rotatable bonds is 6. The smallest absolute Gasteiger partial charge is 0.418 e. The van der Waals surface area contributed by atoms with E-state index in [-0.39, 0.29) is 23.8 Å². The summed E-state index contributed by atoms with van der Waals surface area (Å²) >= 11 is 5.37. The van der Waals surface area contributed by atoms with Crippen LogP contribution in [0, 0.1) is 0 Å². The summed E-state index contributed by atoms with van der Waals surface area (Å²) in [6, 6.07) is 2.99. The number of nitrogens with one attached hydrogen (secondary N) is 1. The molecule has 0 aliphatic rings. The third kappa shape index (κ3) is 4.75. The van der Waals surface area contributed by atoms with Gasteiger partial charge < -0.3 is 4.74 Å². The fraction of sp³-hybridized carbons (Fsp3) is 0.455. The van der Waals surface area contributed by atoms with Crippen molar-refractivity contribution in [3.05, 3.63) is 23.8 Å². The molecule has 0 unspecified atom stereocenters. The molecule has 0 atom stereocenters. The molecule has 0 saturated heterocycles. The van der Waals surface area contributed by atoms with Crippen molar-refractivity contribution in [3.63, 3.8) is 0 Å². The molecule has 1 aromatic rings. The number of anilines is 1. The Morgan fingerprint density at radius 3 is 2.50 bits per heavy atom. The van der Waals surface area contributed by atoms with Gasteiger partial charge in [0.05, 0.1) is 24.1 Å². The summed E-state index contributed by atoms with van der Waals surface area (Å²) in [5.41, 5.74) is -1.64. The van der Waals surface area contributed by atoms with Crippen molar-refractivity contribution in [3.8, 4) is 5.75 Å². The van der Waals surface area contributed by atoms with Crippen LogP contribution in [0.3, 0.4) is 0 Å². The quantitative estimate of drug-likeness (QED) is 0.815. The molecular weight excluding hydrogens is 319 g/mol. The largest absolute Gasteiger partial charge is 0.497 e. The minimum atomic E-state index is -4.70. The van der Waals surface area contributed by atoms with Gasteiger partial charge in [-0.05, 0) is 24.6 Å². The van der Waals surface area contributed by atoms with E-state index in [4.69, 9.17) is 16.3 Å². The lowest BCUT2D eigenvalue weighted by Crippen LogP contribution is -2.20. The third-order valence-electron chi connectivity index (χ3n) is 2.34. The number of benzene rings is 1. The maximum Gasteiger partial charge on any atom is 0.418 e. The zero-order chi connectivity index (χ0) is 15.4. The van der Waals surface area contributed by atoms with E-state index in [1.54, 1.807) is 0 Å². The summed E-state index contributed by atoms with van der Waals surface area (Å²) in [6.45, 7) is 0. The Morgan fingerprint density at radius 2 is 2.00 bits per heavy atom. The van der Waals surface area contributed by atoms with Gasteiger partial charge in [0.15, 0.2) is 0 Å². The van der Waals surface area contributed by atoms with Gasteiger partial charge in [0.2, 0.25) is 10.0 Å². The van der Waals surface area contributed by atoms with Crippen LogP contribution in [0.1, 0.15) is 12.0 Å². The molecule has 4 nitrogen and oxygen atoms in total. The van der Waals surface area contributed by atoms with Gasteiger partial charge in [0.1, 0.15) is 5.75 Å². The number of ether oxygens (including phenoxy) is 1. The molecule has 0 heterocycles. The van der Waals surface area contributed by atoms with Gasteiger partial charge in [0, 0.05) is 5.88 Å². The second-order valence-corrected chi connectivity index (χ2v) is 6.09. The fourth-order valence-corrected chi connectivity index (χ4v) is 2.87. The van der Waals surface area contributed by atoms with Crippen molar-refractivity contribution in [2.45, 2.75) is 12.6 Å². The molecule has 20 heavy (non-hydrogen) atoms. The van der Waals surface area contributed by atoms with Crippen LogP contribution in [0.5, 0.6) is 5.75 Å². The lowest BCUT2D eigenvalue weighted by atomic mass is 10.1. The van der Waals surface area contributed by atoms with E-state index in [1.165, 1.54) is 13.2 Å². The molecular formula is C11H13ClF3NO3S. The highest BCUT2D eigenvalue weighted by Crippen LogP contribution is 2.37. The highest BCUT2D eigenvalue weighted by molar-refractivity contribution is 7.92. The maximum absolute atomic E-state index is 12.9. The van der Waals surface area contributed by atoms with Gasteiger partial charge in [-0.25, -0.2) is 8.42 Å². The van der Waals surface area contributed by atoms with Crippen LogP contribution in [0.25, 0.3) is 0 Å². The van der Waals surface area contributed by atoms with E-state index in [9.17, 15) is 21.6 Å². The minimum Gasteiger partial charge on any atom is -0.497 e. The standard InChI is InChI=1S/C11H13ClF3NO3S/c1-19-8-3-4-10(9(7-8)11(13,14)15)16-20(17,18)6-2-5-12/h3-4,7,16H,2,5-6H2,1H3. The number of methoxy groups -OCH3 is 1. The van der Waals surface area contributed by atoms with Crippen LogP contribution in [-0.2, 0) is 16.2 Å². The molecule has 0 saturated carbocycles. The molecule has 0 radical (unpaired) electrons. The van der Waals surface area contributed by atoms with Crippen LogP contribution >= 0.6 is 11.6 Å². The Labute approximate surface area is 119 Å². The first kappa shape index (κ1) is 16.9. The molecule has 0 aliphatic carbocycles. The van der Waals surface area contributed by atoms with Gasteiger partial charge in [-0.3, -0.25) is 4.72 Å². The van der Waals surface area contributed by atoms with E-state index in [2.05, 4.69) is 0 Å². The highest BCUT2D eigenvalue weighted by atomic mass is 35.5. The van der Waals surface area contributed by atoms with Crippen LogP contribution in [0.4, 0.5) is 18.9 Å². The second-order valence-electron chi connectivity index (χ2n) is 3.87. The average molecular weight is 332 g/mol. The van der Waals surface area contributed by atoms with Crippen molar-refractivity contribution in [2.75, 3.05) is 23.5 Å². The Morgan fingerprint density at radius 1 is 1.35 bits per heavy atom. The molecule has 0 spiro atoms. The summed E-state index contributed by atoms with van der Waals surface area (Å²) in [5.74, 6) is -0.254. The molecule has 1 rings (SSSR count). The third-order valence-corrected chi connectivity index (χ3v) is 3.97. The van der Waals surface area contributed by atoms with Gasteiger partial charge in [-0.2, -0.15) is 13.2 Å². The summed E-state index contributed by atoms with van der Waals surface area (Å²) in [7, 11) is -2.65. The molecule has 1 N–H and O–H groups in total. The van der Waals surface area contributed by atoms with Crippen molar-refractivity contribution in [2.24, 2.45) is 0 Å². The zero-order valence-electron chi connectivity index (χ0n) is 10.5. The van der Waals surface area contributed by atoms with E-state index in [0.717, 1.165) is 12.1 Å². The van der Waals surface area contributed by atoms with E-state index >= 15 is 0 Å². The predicted molar refractivity (Wildman–Crippen MR) is 70.7 cm³/mol. The van der Waals surface area contributed by atoms with Crippen LogP contribution < -0.4 is 9.46 Å². The molecule has 114 valence electrons. The summed E-state index contributed by atoms with van der Waals surface area (Å²) < 4.78 is 68.5. The van der Waals surface area contributed by atoms with E-state index < -0.39 is 27.5 Å². The lowest BCUT2D eigenvalue weighted by molar-refractivity contribution is -0.137. The number of hydrogen-bond donors (Lipinski definition) is 1. The van der Waals surface area contributed by atoms with E-state index in [1.807, 2.05) is 4.72 Å². The predicted octanol–water partition coefficient (Wildman–Crippen LogP) is 3.08. The van der Waals surface area contributed by atoms with Crippen molar-refractivity contribution in [1.82, 2.24) is 0 Å². The van der Waals surface area contributed by atoms with Gasteiger partial charge >= 0.3 is 6.18 Å². The van der Waals surface area contributed by atoms with Crippen LogP contribution in [-0.4, -0.2) is 27.2 Å². The van der Waals surface area contributed by atoms with E-state index in [0.29, 0.717) is 0 Å². The first-order valence-electron chi connectivity index (χ1n) is 5.51. The minimum absolute atomic E-state index is 0.0129. The van der Waals surface area contributed by atoms with Crippen molar-refractivity contribution >= 4 is 27.3 Å². The van der Waals surface area contributed by atoms with Crippen LogP contribution in [0.2, 0.25) is 0 Å². The first-order valence-corrected chi connectivity index (χ1v) is 7.70. The lowest BCUT2D eigenvalue weighted by Gasteiger charge is -2.15.